The van der Waals surface area contributed by atoms with E-state index in [0.29, 0.717) is 18.1 Å². The lowest BCUT2D eigenvalue weighted by molar-refractivity contribution is -0.116. The van der Waals surface area contributed by atoms with Gasteiger partial charge in [0.15, 0.2) is 0 Å². The number of rotatable bonds is 6. The first kappa shape index (κ1) is 12.2. The van der Waals surface area contributed by atoms with Gasteiger partial charge in [-0.05, 0) is 23.3 Å². The molecule has 0 aliphatic heterocycles. The quantitative estimate of drug-likeness (QED) is 0.742. The molecule has 15 heavy (non-hydrogen) atoms. The molecule has 0 aliphatic carbocycles. The van der Waals surface area contributed by atoms with Gasteiger partial charge in [0, 0.05) is 18.8 Å². The number of carbonyl (C=O) groups is 1. The van der Waals surface area contributed by atoms with E-state index in [4.69, 9.17) is 0 Å². The lowest BCUT2D eigenvalue weighted by Gasteiger charge is -2.03. The van der Waals surface area contributed by atoms with Gasteiger partial charge in [0.2, 0.25) is 0 Å². The first-order chi connectivity index (χ1) is 7.18. The summed E-state index contributed by atoms with van der Waals surface area (Å²) in [5.74, 6) is 2.61. The topological polar surface area (TPSA) is 30.0 Å². The second kappa shape index (κ2) is 6.62. The van der Waals surface area contributed by atoms with Gasteiger partial charge in [-0.1, -0.05) is 19.9 Å². The number of carbonyl (C=O) groups excluding carboxylic acids is 1. The molecule has 1 aromatic rings. The van der Waals surface area contributed by atoms with Crippen LogP contribution in [0, 0.1) is 5.92 Å². The molecular formula is C12H17NOS. The summed E-state index contributed by atoms with van der Waals surface area (Å²) in [6.45, 7) is 4.33. The highest BCUT2D eigenvalue weighted by atomic mass is 32.2. The Morgan fingerprint density at radius 1 is 1.53 bits per heavy atom. The third kappa shape index (κ3) is 5.57. The molecule has 0 aliphatic rings. The van der Waals surface area contributed by atoms with Gasteiger partial charge in [0.25, 0.3) is 0 Å². The standard InChI is InChI=1S/C12H17NOS/c1-10(2)8-15-9-12(14)6-11-4-3-5-13-7-11/h3-5,7,10H,6,8-9H2,1-2H3. The monoisotopic (exact) mass is 223 g/mol. The molecule has 3 heteroatoms. The first-order valence-electron chi connectivity index (χ1n) is 5.17. The van der Waals surface area contributed by atoms with Crippen LogP contribution in [0.4, 0.5) is 0 Å². The normalized spacial score (nSPS) is 10.6. The van der Waals surface area contributed by atoms with E-state index in [1.165, 1.54) is 0 Å². The van der Waals surface area contributed by atoms with Crippen LogP contribution in [0.2, 0.25) is 0 Å². The molecule has 1 rings (SSSR count). The third-order valence-electron chi connectivity index (χ3n) is 1.84. The molecule has 0 bridgehead atoms. The number of hydrogen-bond acceptors (Lipinski definition) is 3. The van der Waals surface area contributed by atoms with Crippen molar-refractivity contribution in [1.29, 1.82) is 0 Å². The molecule has 0 atom stereocenters. The summed E-state index contributed by atoms with van der Waals surface area (Å²) in [5.41, 5.74) is 1.01. The van der Waals surface area contributed by atoms with Crippen molar-refractivity contribution in [3.8, 4) is 0 Å². The number of Topliss-reactive ketones (excluding diaryl/α,β-unsaturated/α-hetero) is 1. The molecule has 0 radical (unpaired) electrons. The fourth-order valence-electron chi connectivity index (χ4n) is 1.19. The van der Waals surface area contributed by atoms with Gasteiger partial charge in [-0.2, -0.15) is 11.8 Å². The van der Waals surface area contributed by atoms with E-state index < -0.39 is 0 Å². The van der Waals surface area contributed by atoms with Crippen molar-refractivity contribution in [2.75, 3.05) is 11.5 Å². The van der Waals surface area contributed by atoms with Crippen LogP contribution in [0.3, 0.4) is 0 Å². The van der Waals surface area contributed by atoms with Crippen LogP contribution >= 0.6 is 11.8 Å². The Morgan fingerprint density at radius 2 is 2.33 bits per heavy atom. The highest BCUT2D eigenvalue weighted by Crippen LogP contribution is 2.09. The Morgan fingerprint density at radius 3 is 2.93 bits per heavy atom. The molecule has 0 fully saturated rings. The van der Waals surface area contributed by atoms with Crippen molar-refractivity contribution in [1.82, 2.24) is 4.98 Å². The van der Waals surface area contributed by atoms with Crippen LogP contribution in [0.25, 0.3) is 0 Å². The largest absolute Gasteiger partial charge is 0.298 e. The summed E-state index contributed by atoms with van der Waals surface area (Å²) in [6, 6.07) is 3.81. The van der Waals surface area contributed by atoms with E-state index in [9.17, 15) is 4.79 Å². The molecule has 0 amide bonds. The van der Waals surface area contributed by atoms with Crippen LogP contribution < -0.4 is 0 Å². The number of pyridine rings is 1. The molecule has 0 saturated carbocycles. The molecule has 82 valence electrons. The van der Waals surface area contributed by atoms with Crippen molar-refractivity contribution >= 4 is 17.5 Å². The zero-order valence-corrected chi connectivity index (χ0v) is 10.1. The van der Waals surface area contributed by atoms with E-state index in [1.807, 2.05) is 12.1 Å². The number of thioether (sulfide) groups is 1. The van der Waals surface area contributed by atoms with Crippen LogP contribution in [0.1, 0.15) is 19.4 Å². The van der Waals surface area contributed by atoms with Crippen molar-refractivity contribution in [2.24, 2.45) is 5.92 Å². The summed E-state index contributed by atoms with van der Waals surface area (Å²) in [6.07, 6.45) is 3.99. The third-order valence-corrected chi connectivity index (χ3v) is 3.27. The van der Waals surface area contributed by atoms with Crippen molar-refractivity contribution in [3.63, 3.8) is 0 Å². The van der Waals surface area contributed by atoms with Gasteiger partial charge in [0.05, 0.1) is 5.75 Å². The van der Waals surface area contributed by atoms with Crippen LogP contribution in [-0.4, -0.2) is 22.3 Å². The van der Waals surface area contributed by atoms with Gasteiger partial charge < -0.3 is 0 Å². The van der Waals surface area contributed by atoms with Gasteiger partial charge in [0.1, 0.15) is 5.78 Å². The van der Waals surface area contributed by atoms with Crippen LogP contribution in [0.15, 0.2) is 24.5 Å². The highest BCUT2D eigenvalue weighted by molar-refractivity contribution is 7.99. The maximum atomic E-state index is 11.5. The number of hydrogen-bond donors (Lipinski definition) is 0. The highest BCUT2D eigenvalue weighted by Gasteiger charge is 2.04. The Kier molecular flexibility index (Phi) is 5.40. The Balaban J connectivity index is 2.25. The maximum Gasteiger partial charge on any atom is 0.147 e. The fraction of sp³-hybridized carbons (Fsp3) is 0.500. The first-order valence-corrected chi connectivity index (χ1v) is 6.32. The predicted molar refractivity (Wildman–Crippen MR) is 65.1 cm³/mol. The van der Waals surface area contributed by atoms with Crippen molar-refractivity contribution in [2.45, 2.75) is 20.3 Å². The Labute approximate surface area is 95.5 Å². The lowest BCUT2D eigenvalue weighted by atomic mass is 10.2. The van der Waals surface area contributed by atoms with Gasteiger partial charge in [-0.3, -0.25) is 9.78 Å². The van der Waals surface area contributed by atoms with Gasteiger partial charge in [-0.15, -0.1) is 0 Å². The zero-order chi connectivity index (χ0) is 11.1. The minimum atomic E-state index is 0.286. The summed E-state index contributed by atoms with van der Waals surface area (Å²) < 4.78 is 0. The summed E-state index contributed by atoms with van der Waals surface area (Å²) in [5, 5.41) is 0. The molecule has 0 N–H and O–H groups in total. The van der Waals surface area contributed by atoms with Crippen molar-refractivity contribution < 1.29 is 4.79 Å². The second-order valence-corrected chi connectivity index (χ2v) is 5.02. The summed E-state index contributed by atoms with van der Waals surface area (Å²) in [4.78, 5) is 15.5. The molecule has 0 saturated heterocycles. The van der Waals surface area contributed by atoms with E-state index in [2.05, 4.69) is 18.8 Å². The van der Waals surface area contributed by atoms with Crippen LogP contribution in [-0.2, 0) is 11.2 Å². The number of aromatic nitrogens is 1. The average molecular weight is 223 g/mol. The van der Waals surface area contributed by atoms with Gasteiger partial charge >= 0.3 is 0 Å². The van der Waals surface area contributed by atoms with E-state index in [0.717, 1.165) is 11.3 Å². The second-order valence-electron chi connectivity index (χ2n) is 3.99. The molecule has 1 aromatic heterocycles. The van der Waals surface area contributed by atoms with Crippen LogP contribution in [0.5, 0.6) is 0 Å². The van der Waals surface area contributed by atoms with E-state index in [1.54, 1.807) is 24.2 Å². The lowest BCUT2D eigenvalue weighted by Crippen LogP contribution is -2.07. The van der Waals surface area contributed by atoms with Crippen molar-refractivity contribution in [3.05, 3.63) is 30.1 Å². The molecule has 0 aromatic carbocycles. The molecule has 0 spiro atoms. The zero-order valence-electron chi connectivity index (χ0n) is 9.27. The summed E-state index contributed by atoms with van der Waals surface area (Å²) in [7, 11) is 0. The van der Waals surface area contributed by atoms with E-state index in [-0.39, 0.29) is 5.78 Å². The predicted octanol–water partition coefficient (Wildman–Crippen LogP) is 2.58. The Bertz CT molecular complexity index is 298. The maximum absolute atomic E-state index is 11.5. The molecule has 0 unspecified atom stereocenters. The molecule has 1 heterocycles. The van der Waals surface area contributed by atoms with Gasteiger partial charge in [-0.25, -0.2) is 0 Å². The molecular weight excluding hydrogens is 206 g/mol. The fourth-order valence-corrected chi connectivity index (χ4v) is 2.11. The number of ketones is 1. The summed E-state index contributed by atoms with van der Waals surface area (Å²) >= 11 is 1.72. The smallest absolute Gasteiger partial charge is 0.147 e. The SMILES string of the molecule is CC(C)CSCC(=O)Cc1cccnc1. The number of nitrogens with zero attached hydrogens (tertiary/aromatic N) is 1. The van der Waals surface area contributed by atoms with E-state index >= 15 is 0 Å². The Hall–Kier alpha value is -0.830. The molecule has 2 nitrogen and oxygen atoms in total. The minimum Gasteiger partial charge on any atom is -0.298 e. The average Bonchev–Trinajstić information content (AvgIpc) is 2.18. The minimum absolute atomic E-state index is 0.286.